The first-order valence-electron chi connectivity index (χ1n) is 34.0. The highest BCUT2D eigenvalue weighted by Gasteiger charge is 2.31. The molecule has 0 bridgehead atoms. The molecule has 3 atom stereocenters. The number of aromatic amines is 1. The average Bonchev–Trinajstić information content (AvgIpc) is 1.62. The minimum atomic E-state index is -0.428. The van der Waals surface area contributed by atoms with Gasteiger partial charge in [0.1, 0.15) is 40.8 Å². The van der Waals surface area contributed by atoms with Gasteiger partial charge in [-0.3, -0.25) is 39.4 Å². The van der Waals surface area contributed by atoms with E-state index >= 15 is 0 Å². The Bertz CT molecular complexity index is 4870. The smallest absolute Gasteiger partial charge is 0.273 e. The third-order valence-corrected chi connectivity index (χ3v) is 18.8. The minimum Gasteiger partial charge on any atom is -0.399 e. The van der Waals surface area contributed by atoms with E-state index in [4.69, 9.17) is 44.7 Å². The maximum atomic E-state index is 12.1. The van der Waals surface area contributed by atoms with E-state index in [1.165, 1.54) is 43.0 Å². The number of amides is 4. The Morgan fingerprint density at radius 1 is 0.548 bits per heavy atom. The highest BCUT2D eigenvalue weighted by atomic mass is 79.9. The van der Waals surface area contributed by atoms with Crippen LogP contribution in [0.25, 0.3) is 53.8 Å². The van der Waals surface area contributed by atoms with Crippen molar-refractivity contribution >= 4 is 152 Å². The lowest BCUT2D eigenvalue weighted by molar-refractivity contribution is -0.384. The molecule has 104 heavy (non-hydrogen) atoms. The Kier molecular flexibility index (Phi) is 23.6. The fraction of sp³-hybridized carbons (Fsp3) is 0.391. The van der Waals surface area contributed by atoms with E-state index in [0.717, 1.165) is 166 Å². The number of hydrogen-bond acceptors (Lipinski definition) is 21. The summed E-state index contributed by atoms with van der Waals surface area (Å²) in [6.45, 7) is 18.5. The monoisotopic (exact) mass is 1500 g/mol. The molecule has 7 fully saturated rings. The third kappa shape index (κ3) is 17.1. The molecule has 33 nitrogen and oxygen atoms in total. The van der Waals surface area contributed by atoms with Crippen LogP contribution in [0, 0.1) is 33.4 Å². The summed E-state index contributed by atoms with van der Waals surface area (Å²) in [6, 6.07) is 13.5. The number of nitrogens with one attached hydrogen (secondary N) is 3. The second-order valence-corrected chi connectivity index (χ2v) is 26.2. The van der Waals surface area contributed by atoms with Gasteiger partial charge in [-0.05, 0) is 135 Å². The lowest BCUT2D eigenvalue weighted by atomic mass is 10.1. The molecule has 0 spiro atoms. The molecular weight excluding hydrogens is 1430 g/mol. The van der Waals surface area contributed by atoms with Crippen molar-refractivity contribution in [2.24, 2.45) is 0 Å². The summed E-state index contributed by atoms with van der Waals surface area (Å²) >= 11 is 8.68. The van der Waals surface area contributed by atoms with Crippen molar-refractivity contribution in [2.75, 3.05) is 71.7 Å². The van der Waals surface area contributed by atoms with E-state index in [-0.39, 0.29) is 59.0 Å². The highest BCUT2D eigenvalue weighted by molar-refractivity contribution is 9.10. The summed E-state index contributed by atoms with van der Waals surface area (Å²) in [5.41, 5.74) is 16.5. The molecule has 3 unspecified atom stereocenters. The number of nitrogen functional groups attached to an aromatic ring is 1. The molecule has 7 aliphatic heterocycles. The van der Waals surface area contributed by atoms with E-state index in [9.17, 15) is 39.4 Å². The number of H-pyrrole nitrogens is 1. The Morgan fingerprint density at radius 3 is 1.44 bits per heavy atom. The maximum absolute atomic E-state index is 12.1. The van der Waals surface area contributed by atoms with Crippen LogP contribution in [0.2, 0.25) is 5.28 Å². The molecule has 538 valence electrons. The van der Waals surface area contributed by atoms with Crippen molar-refractivity contribution in [1.29, 1.82) is 0 Å². The number of carbonyl (C=O) groups excluding carboxylic acids is 4. The number of aromatic nitrogens is 12. The van der Waals surface area contributed by atoms with E-state index in [1.807, 2.05) is 39.7 Å². The van der Waals surface area contributed by atoms with Gasteiger partial charge in [0.2, 0.25) is 46.2 Å². The molecule has 7 saturated heterocycles. The van der Waals surface area contributed by atoms with Gasteiger partial charge in [0.05, 0.1) is 91.9 Å². The Labute approximate surface area is 607 Å². The molecule has 10 aromatic rings. The van der Waals surface area contributed by atoms with E-state index < -0.39 is 9.85 Å². The van der Waals surface area contributed by atoms with Gasteiger partial charge in [-0.2, -0.15) is 0 Å². The summed E-state index contributed by atoms with van der Waals surface area (Å²) in [5, 5.41) is 28.2. The number of anilines is 6. The number of imidazole rings is 4. The van der Waals surface area contributed by atoms with Crippen molar-refractivity contribution in [3.05, 3.63) is 151 Å². The van der Waals surface area contributed by atoms with Gasteiger partial charge in [0.15, 0.2) is 0 Å². The number of rotatable bonds is 10. The SMILES string of the molecule is Nc1cc(N2CCCC2=O)c2ncn(C3CCCCO3)c2c1.O=C1CCCN1.O=C1CCCN1c1cc([N+](=O)[O-])cc2c1ncn2C1CCCCO1.O=[N+]([O-])c1cc(Br)c2ncn(C3CCCCO3)c2c1.[C-]#[N+]c1cnc(Cl)nc1.[C-]#[N+]c1cnc(Nc2cc(N3CCCC3=O)c3nc[nH]c3c2)nc1. The summed E-state index contributed by atoms with van der Waals surface area (Å²) in [5.74, 6) is 0.833. The number of ether oxygens (including phenoxy) is 3. The number of hydrogen-bond donors (Lipinski definition) is 4. The molecule has 35 heteroatoms. The quantitative estimate of drug-likeness (QED) is 0.0325. The zero-order valence-electron chi connectivity index (χ0n) is 56.3. The first-order chi connectivity index (χ1) is 50.5. The van der Waals surface area contributed by atoms with Crippen LogP contribution in [0.3, 0.4) is 0 Å². The fourth-order valence-corrected chi connectivity index (χ4v) is 13.6. The Hall–Kier alpha value is -11.2. The van der Waals surface area contributed by atoms with Crippen LogP contribution in [-0.2, 0) is 33.4 Å². The summed E-state index contributed by atoms with van der Waals surface area (Å²) < 4.78 is 23.8. The topological polar surface area (TPSA) is 384 Å². The summed E-state index contributed by atoms with van der Waals surface area (Å²) in [4.78, 5) is 115. The first-order valence-corrected chi connectivity index (χ1v) is 35.2. The summed E-state index contributed by atoms with van der Waals surface area (Å²) in [7, 11) is 0. The second-order valence-electron chi connectivity index (χ2n) is 25.0. The number of nitrogens with zero attached hydrogens (tertiary/aromatic N) is 18. The van der Waals surface area contributed by atoms with Crippen molar-refractivity contribution < 1.29 is 43.2 Å². The van der Waals surface area contributed by atoms with Crippen LogP contribution in [-0.4, -0.2) is 138 Å². The number of carbonyl (C=O) groups is 4. The predicted octanol–water partition coefficient (Wildman–Crippen LogP) is 13.0. The van der Waals surface area contributed by atoms with Crippen LogP contribution in [0.5, 0.6) is 0 Å². The van der Waals surface area contributed by atoms with Crippen LogP contribution < -0.4 is 31.1 Å². The molecule has 4 amide bonds. The maximum Gasteiger partial charge on any atom is 0.273 e. The van der Waals surface area contributed by atoms with Crippen LogP contribution in [0.1, 0.15) is 128 Å². The molecular formula is C69H72BrClN22O11. The molecule has 6 aromatic heterocycles. The molecule has 0 saturated carbocycles. The molecule has 4 aromatic carbocycles. The largest absolute Gasteiger partial charge is 0.399 e. The molecule has 0 aliphatic carbocycles. The molecule has 13 heterocycles. The van der Waals surface area contributed by atoms with Crippen molar-refractivity contribution in [2.45, 2.75) is 128 Å². The number of halogens is 2. The number of nitro benzene ring substituents is 2. The van der Waals surface area contributed by atoms with Gasteiger partial charge in [0.25, 0.3) is 11.4 Å². The summed E-state index contributed by atoms with van der Waals surface area (Å²) in [6.07, 6.45) is 27.4. The van der Waals surface area contributed by atoms with Crippen molar-refractivity contribution in [3.8, 4) is 0 Å². The van der Waals surface area contributed by atoms with E-state index in [2.05, 4.69) is 85.7 Å². The first kappa shape index (κ1) is 72.6. The number of nitro groups is 2. The molecule has 17 rings (SSSR count). The lowest BCUT2D eigenvalue weighted by Crippen LogP contribution is -2.24. The predicted molar refractivity (Wildman–Crippen MR) is 389 cm³/mol. The van der Waals surface area contributed by atoms with E-state index in [1.54, 1.807) is 39.7 Å². The molecule has 0 radical (unpaired) electrons. The number of fused-ring (bicyclic) bond motifs is 4. The third-order valence-electron chi connectivity index (χ3n) is 18.0. The lowest BCUT2D eigenvalue weighted by Gasteiger charge is -2.24. The minimum absolute atomic E-state index is 0.0136. The molecule has 5 N–H and O–H groups in total. The Morgan fingerprint density at radius 2 is 1.01 bits per heavy atom. The zero-order valence-corrected chi connectivity index (χ0v) is 58.7. The van der Waals surface area contributed by atoms with Gasteiger partial charge >= 0.3 is 0 Å². The van der Waals surface area contributed by atoms with Crippen molar-refractivity contribution in [1.82, 2.24) is 63.9 Å². The normalized spacial score (nSPS) is 18.6. The fourth-order valence-electron chi connectivity index (χ4n) is 13.0. The van der Waals surface area contributed by atoms with Crippen LogP contribution >= 0.6 is 27.5 Å². The van der Waals surface area contributed by atoms with Crippen LogP contribution in [0.15, 0.2) is 103 Å². The zero-order chi connectivity index (χ0) is 72.8. The second kappa shape index (κ2) is 33.7. The number of nitrogens with two attached hydrogens (primary N) is 1. The number of benzene rings is 4. The molecule has 7 aliphatic rings. The number of non-ortho nitro benzene ring substituents is 2. The van der Waals surface area contributed by atoms with Gasteiger partial charge < -0.3 is 64.0 Å². The van der Waals surface area contributed by atoms with Crippen molar-refractivity contribution in [3.63, 3.8) is 0 Å². The standard InChI is InChI=1S/C16H13N7O.C16H18N4O4.C16H20N4O2.C12H12BrN3O3.C5H2ClN3.C4H7NO/c1-17-11-7-18-16(19-8-11)22-10-5-12-15(21-9-20-12)13(6-10)23-4-2-3-14(23)24;21-14-4-3-6-18(14)12-8-11(20(22)23)9-13-16(12)17-10-19(13)15-5-1-2-7-24-15;17-11-8-12(19-6-3-4-14(19)21)16-13(9-11)20(10-18-16)15-5-1-2-7-22-15;13-9-5-8(16(17)18)6-10-12(9)14-7-15(10)11-3-1-2-4-19-11;1-7-4-2-8-5(6)9-3-4;6-4-2-1-3-5-4/h5-9H,2-4H2,(H,20,21)(H,18,19,22);8-10,15H,1-7H2;8-10,15H,1-7,17H2;5-7,11H,1-4H2;2-3H;1-3H2,(H,5,6). The average molecular weight is 1500 g/mol. The van der Waals surface area contributed by atoms with Gasteiger partial charge in [-0.15, -0.1) is 0 Å². The highest BCUT2D eigenvalue weighted by Crippen LogP contribution is 2.39. The van der Waals surface area contributed by atoms with E-state index in [0.29, 0.717) is 83.2 Å². The van der Waals surface area contributed by atoms with Gasteiger partial charge in [-0.1, -0.05) is 0 Å². The Balaban J connectivity index is 0.000000122. The van der Waals surface area contributed by atoms with Crippen LogP contribution in [0.4, 0.5) is 57.1 Å². The van der Waals surface area contributed by atoms with Gasteiger partial charge in [-0.25, -0.2) is 49.6 Å². The van der Waals surface area contributed by atoms with Gasteiger partial charge in [0, 0.05) is 132 Å².